The van der Waals surface area contributed by atoms with Gasteiger partial charge in [0, 0.05) is 18.3 Å². The van der Waals surface area contributed by atoms with E-state index in [1.54, 1.807) is 35.4 Å². The maximum absolute atomic E-state index is 13.3. The highest BCUT2D eigenvalue weighted by Gasteiger charge is 2.35. The van der Waals surface area contributed by atoms with Gasteiger partial charge in [0.05, 0.1) is 33.8 Å². The first kappa shape index (κ1) is 23.1. The van der Waals surface area contributed by atoms with Crippen molar-refractivity contribution in [2.45, 2.75) is 25.9 Å². The van der Waals surface area contributed by atoms with Crippen LogP contribution in [0.15, 0.2) is 54.7 Å². The van der Waals surface area contributed by atoms with E-state index in [4.69, 9.17) is 14.2 Å². The number of methoxy groups -OCH3 is 3. The molecule has 0 saturated heterocycles. The minimum Gasteiger partial charge on any atom is -0.493 e. The van der Waals surface area contributed by atoms with E-state index in [0.29, 0.717) is 40.7 Å². The van der Waals surface area contributed by atoms with E-state index in [0.717, 1.165) is 11.1 Å². The fourth-order valence-corrected chi connectivity index (χ4v) is 4.14. The van der Waals surface area contributed by atoms with Crippen LogP contribution < -0.4 is 19.5 Å². The molecule has 1 aliphatic rings. The van der Waals surface area contributed by atoms with Crippen molar-refractivity contribution in [3.63, 3.8) is 0 Å². The zero-order chi connectivity index (χ0) is 24.2. The number of nitrogens with zero attached hydrogens (tertiary/aromatic N) is 2. The second kappa shape index (κ2) is 9.82. The fraction of sp³-hybridized carbons (Fsp3) is 0.269. The van der Waals surface area contributed by atoms with Crippen molar-refractivity contribution in [3.05, 3.63) is 77.0 Å². The van der Waals surface area contributed by atoms with Gasteiger partial charge in [0.2, 0.25) is 11.7 Å². The zero-order valence-corrected chi connectivity index (χ0v) is 19.6. The minimum absolute atomic E-state index is 0.0217. The number of carbonyl (C=O) groups excluding carboxylic acids is 2. The van der Waals surface area contributed by atoms with Gasteiger partial charge in [-0.15, -0.1) is 0 Å². The second-order valence-corrected chi connectivity index (χ2v) is 8.04. The molecule has 3 aromatic rings. The summed E-state index contributed by atoms with van der Waals surface area (Å²) >= 11 is 0. The Morgan fingerprint density at radius 2 is 1.76 bits per heavy atom. The molecule has 0 fully saturated rings. The molecule has 0 radical (unpaired) electrons. The summed E-state index contributed by atoms with van der Waals surface area (Å²) in [6.07, 6.45) is 1.71. The van der Waals surface area contributed by atoms with Crippen molar-refractivity contribution in [2.75, 3.05) is 26.6 Å². The largest absolute Gasteiger partial charge is 0.493 e. The van der Waals surface area contributed by atoms with Gasteiger partial charge in [-0.05, 0) is 47.9 Å². The number of ether oxygens (including phenoxy) is 3. The van der Waals surface area contributed by atoms with Gasteiger partial charge >= 0.3 is 0 Å². The summed E-state index contributed by atoms with van der Waals surface area (Å²) in [6, 6.07) is 14.1. The molecule has 1 aliphatic heterocycles. The highest BCUT2D eigenvalue weighted by molar-refractivity contribution is 5.99. The molecule has 2 aromatic carbocycles. The maximum Gasteiger partial charge on any atom is 0.255 e. The molecule has 2 amide bonds. The maximum atomic E-state index is 13.3. The standard InChI is InChI=1S/C26H27N3O5/c1-16-9-10-23(27-14-16)28-24(30)13-20(29-15-17-7-5-6-8-19(17)26(29)31)18-11-21(32-2)25(34-4)22(12-18)33-3/h5-12,14,20H,13,15H2,1-4H3,(H,27,28,30)/t20-/m0/s1. The quantitative estimate of drug-likeness (QED) is 0.542. The number of rotatable bonds is 8. The van der Waals surface area contributed by atoms with Gasteiger partial charge in [0.1, 0.15) is 5.82 Å². The van der Waals surface area contributed by atoms with Gasteiger partial charge in [0.25, 0.3) is 5.91 Å². The van der Waals surface area contributed by atoms with E-state index in [2.05, 4.69) is 10.3 Å². The highest BCUT2D eigenvalue weighted by atomic mass is 16.5. The lowest BCUT2D eigenvalue weighted by atomic mass is 10.00. The average Bonchev–Trinajstić information content (AvgIpc) is 3.19. The second-order valence-electron chi connectivity index (χ2n) is 8.04. The predicted octanol–water partition coefficient (Wildman–Crippen LogP) is 4.14. The number of benzene rings is 2. The van der Waals surface area contributed by atoms with E-state index in [9.17, 15) is 9.59 Å². The van der Waals surface area contributed by atoms with Crippen LogP contribution in [0.4, 0.5) is 5.82 Å². The van der Waals surface area contributed by atoms with Crippen molar-refractivity contribution in [2.24, 2.45) is 0 Å². The molecule has 4 rings (SSSR count). The third kappa shape index (κ3) is 4.52. The third-order valence-electron chi connectivity index (χ3n) is 5.85. The van der Waals surface area contributed by atoms with E-state index in [1.807, 2.05) is 31.2 Å². The highest BCUT2D eigenvalue weighted by Crippen LogP contribution is 2.43. The Hall–Kier alpha value is -4.07. The SMILES string of the molecule is COc1cc([C@H](CC(=O)Nc2ccc(C)cn2)N2Cc3ccccc3C2=O)cc(OC)c1OC. The van der Waals surface area contributed by atoms with Crippen LogP contribution in [0.3, 0.4) is 0 Å². The normalized spacial score (nSPS) is 13.3. The molecule has 8 heteroatoms. The molecule has 1 aromatic heterocycles. The van der Waals surface area contributed by atoms with Gasteiger partial charge in [-0.3, -0.25) is 9.59 Å². The zero-order valence-electron chi connectivity index (χ0n) is 19.6. The minimum atomic E-state index is -0.570. The summed E-state index contributed by atoms with van der Waals surface area (Å²) in [5.41, 5.74) is 3.25. The molecule has 0 aliphatic carbocycles. The molecule has 0 bridgehead atoms. The van der Waals surface area contributed by atoms with Gasteiger partial charge < -0.3 is 24.4 Å². The Morgan fingerprint density at radius 3 is 2.35 bits per heavy atom. The van der Waals surface area contributed by atoms with Gasteiger partial charge in [0.15, 0.2) is 11.5 Å². The van der Waals surface area contributed by atoms with Crippen LogP contribution in [-0.4, -0.2) is 43.0 Å². The van der Waals surface area contributed by atoms with Crippen LogP contribution in [-0.2, 0) is 11.3 Å². The van der Waals surface area contributed by atoms with E-state index in [1.165, 1.54) is 21.3 Å². The number of aryl methyl sites for hydroxylation is 1. The summed E-state index contributed by atoms with van der Waals surface area (Å²) in [6.45, 7) is 2.32. The number of nitrogens with one attached hydrogen (secondary N) is 1. The van der Waals surface area contributed by atoms with Gasteiger partial charge in [-0.1, -0.05) is 24.3 Å². The number of pyridine rings is 1. The summed E-state index contributed by atoms with van der Waals surface area (Å²) in [7, 11) is 4.59. The number of hydrogen-bond donors (Lipinski definition) is 1. The molecule has 1 atom stereocenters. The molecular weight excluding hydrogens is 434 g/mol. The molecule has 176 valence electrons. The molecule has 0 unspecified atom stereocenters. The van der Waals surface area contributed by atoms with Crippen LogP contribution in [0.2, 0.25) is 0 Å². The Bertz CT molecular complexity index is 1180. The monoisotopic (exact) mass is 461 g/mol. The van der Waals surface area contributed by atoms with Crippen LogP contribution in [0.5, 0.6) is 17.2 Å². The molecule has 8 nitrogen and oxygen atoms in total. The van der Waals surface area contributed by atoms with Crippen molar-refractivity contribution in [1.29, 1.82) is 0 Å². The molecule has 2 heterocycles. The van der Waals surface area contributed by atoms with E-state index in [-0.39, 0.29) is 18.2 Å². The summed E-state index contributed by atoms with van der Waals surface area (Å²) in [5.74, 6) is 1.40. The Morgan fingerprint density at radius 1 is 1.06 bits per heavy atom. The first-order chi connectivity index (χ1) is 16.4. The molecular formula is C26H27N3O5. The number of carbonyl (C=O) groups is 2. The molecule has 0 spiro atoms. The fourth-order valence-electron chi connectivity index (χ4n) is 4.14. The number of anilines is 1. The Kier molecular flexibility index (Phi) is 6.67. The lowest BCUT2D eigenvalue weighted by molar-refractivity contribution is -0.117. The predicted molar refractivity (Wildman–Crippen MR) is 127 cm³/mol. The van der Waals surface area contributed by atoms with Crippen LogP contribution in [0.1, 0.15) is 39.5 Å². The van der Waals surface area contributed by atoms with Crippen molar-refractivity contribution in [3.8, 4) is 17.2 Å². The molecule has 1 N–H and O–H groups in total. The first-order valence-corrected chi connectivity index (χ1v) is 10.9. The topological polar surface area (TPSA) is 90.0 Å². The Balaban J connectivity index is 1.71. The van der Waals surface area contributed by atoms with Crippen molar-refractivity contribution < 1.29 is 23.8 Å². The number of amides is 2. The number of fused-ring (bicyclic) bond motifs is 1. The van der Waals surface area contributed by atoms with Crippen LogP contribution >= 0.6 is 0 Å². The lowest BCUT2D eigenvalue weighted by Gasteiger charge is -2.29. The Labute approximate surface area is 198 Å². The summed E-state index contributed by atoms with van der Waals surface area (Å²) in [4.78, 5) is 32.3. The van der Waals surface area contributed by atoms with Gasteiger partial charge in [-0.2, -0.15) is 0 Å². The number of aromatic nitrogens is 1. The van der Waals surface area contributed by atoms with Crippen LogP contribution in [0, 0.1) is 6.92 Å². The summed E-state index contributed by atoms with van der Waals surface area (Å²) in [5, 5.41) is 2.83. The van der Waals surface area contributed by atoms with Gasteiger partial charge in [-0.25, -0.2) is 4.98 Å². The van der Waals surface area contributed by atoms with Crippen molar-refractivity contribution in [1.82, 2.24) is 9.88 Å². The average molecular weight is 462 g/mol. The van der Waals surface area contributed by atoms with E-state index >= 15 is 0 Å². The number of hydrogen-bond acceptors (Lipinski definition) is 6. The smallest absolute Gasteiger partial charge is 0.255 e. The van der Waals surface area contributed by atoms with Crippen LogP contribution in [0.25, 0.3) is 0 Å². The van der Waals surface area contributed by atoms with E-state index < -0.39 is 6.04 Å². The van der Waals surface area contributed by atoms with Crippen molar-refractivity contribution >= 4 is 17.6 Å². The lowest BCUT2D eigenvalue weighted by Crippen LogP contribution is -2.32. The molecule has 0 saturated carbocycles. The third-order valence-corrected chi connectivity index (χ3v) is 5.85. The molecule has 34 heavy (non-hydrogen) atoms. The summed E-state index contributed by atoms with van der Waals surface area (Å²) < 4.78 is 16.5. The first-order valence-electron chi connectivity index (χ1n) is 10.9.